The summed E-state index contributed by atoms with van der Waals surface area (Å²) in [5.74, 6) is -2.56. The molecule has 13 heavy (non-hydrogen) atoms. The number of aromatic carboxylic acids is 2. The predicted octanol–water partition coefficient (Wildman–Crippen LogP) is 0.0602. The number of anilines is 1. The van der Waals surface area contributed by atoms with Gasteiger partial charge in [-0.05, 0) is 6.07 Å². The fourth-order valence-corrected chi connectivity index (χ4v) is 0.768. The zero-order chi connectivity index (χ0) is 10.0. The number of carboxylic acids is 2. The highest BCUT2D eigenvalue weighted by molar-refractivity contribution is 5.96. The largest absolute Gasteiger partial charge is 0.478 e. The van der Waals surface area contributed by atoms with Crippen LogP contribution in [0, 0.1) is 0 Å². The van der Waals surface area contributed by atoms with Gasteiger partial charge in [-0.15, -0.1) is 0 Å². The molecule has 6 nitrogen and oxygen atoms in total. The van der Waals surface area contributed by atoms with Gasteiger partial charge in [-0.25, -0.2) is 14.6 Å². The first kappa shape index (κ1) is 8.98. The Hall–Kier alpha value is -2.11. The van der Waals surface area contributed by atoms with Crippen molar-refractivity contribution < 1.29 is 19.8 Å². The number of aromatic nitrogens is 1. The third-order valence-corrected chi connectivity index (χ3v) is 1.38. The molecule has 0 amide bonds. The van der Waals surface area contributed by atoms with E-state index in [2.05, 4.69) is 4.98 Å². The molecule has 68 valence electrons. The summed E-state index contributed by atoms with van der Waals surface area (Å²) in [5.41, 5.74) is 4.60. The summed E-state index contributed by atoms with van der Waals surface area (Å²) in [4.78, 5) is 24.3. The first-order valence-electron chi connectivity index (χ1n) is 3.24. The molecule has 4 N–H and O–H groups in total. The van der Waals surface area contributed by atoms with E-state index < -0.39 is 11.9 Å². The Labute approximate surface area is 72.6 Å². The summed E-state index contributed by atoms with van der Waals surface area (Å²) in [6, 6.07) is 0.917. The van der Waals surface area contributed by atoms with E-state index in [0.29, 0.717) is 0 Å². The number of carboxylic acid groups (broad SMARTS) is 2. The van der Waals surface area contributed by atoms with Crippen molar-refractivity contribution in [2.45, 2.75) is 0 Å². The van der Waals surface area contributed by atoms with Crippen molar-refractivity contribution in [2.24, 2.45) is 0 Å². The summed E-state index contributed by atoms with van der Waals surface area (Å²) < 4.78 is 0. The van der Waals surface area contributed by atoms with Crippen LogP contribution in [0.5, 0.6) is 0 Å². The van der Waals surface area contributed by atoms with Crippen molar-refractivity contribution in [1.82, 2.24) is 4.98 Å². The second-order valence-corrected chi connectivity index (χ2v) is 2.27. The van der Waals surface area contributed by atoms with Gasteiger partial charge in [-0.3, -0.25) is 0 Å². The maximum absolute atomic E-state index is 10.5. The zero-order valence-corrected chi connectivity index (χ0v) is 6.39. The molecule has 0 fully saturated rings. The average molecular weight is 182 g/mol. The molecule has 0 bridgehead atoms. The molecule has 1 aromatic rings. The van der Waals surface area contributed by atoms with Gasteiger partial charge < -0.3 is 15.9 Å². The number of nitrogens with zero attached hydrogens (tertiary/aromatic N) is 1. The highest BCUT2D eigenvalue weighted by Crippen LogP contribution is 2.11. The Balaban J connectivity index is 3.27. The van der Waals surface area contributed by atoms with E-state index in [4.69, 9.17) is 15.9 Å². The summed E-state index contributed by atoms with van der Waals surface area (Å²) in [5, 5.41) is 17.1. The molecular weight excluding hydrogens is 176 g/mol. The van der Waals surface area contributed by atoms with Gasteiger partial charge in [-0.1, -0.05) is 0 Å². The van der Waals surface area contributed by atoms with Crippen LogP contribution in [0.3, 0.4) is 0 Å². The number of hydrogen-bond acceptors (Lipinski definition) is 4. The van der Waals surface area contributed by atoms with Gasteiger partial charge in [0.2, 0.25) is 0 Å². The molecule has 0 aromatic carbocycles. The molecule has 1 heterocycles. The molecule has 0 aliphatic rings. The van der Waals surface area contributed by atoms with Crippen LogP contribution in [0.1, 0.15) is 20.8 Å². The van der Waals surface area contributed by atoms with Crippen LogP contribution >= 0.6 is 0 Å². The van der Waals surface area contributed by atoms with Crippen molar-refractivity contribution in [3.05, 3.63) is 23.5 Å². The van der Waals surface area contributed by atoms with E-state index >= 15 is 0 Å². The molecule has 6 heteroatoms. The number of nitrogen functional groups attached to an aromatic ring is 1. The van der Waals surface area contributed by atoms with E-state index in [1.165, 1.54) is 0 Å². The fraction of sp³-hybridized carbons (Fsp3) is 0. The lowest BCUT2D eigenvalue weighted by Crippen LogP contribution is -2.07. The molecule has 0 aliphatic carbocycles. The van der Waals surface area contributed by atoms with E-state index in [1.807, 2.05) is 0 Å². The van der Waals surface area contributed by atoms with E-state index in [-0.39, 0.29) is 16.9 Å². The van der Waals surface area contributed by atoms with Gasteiger partial charge in [0.25, 0.3) is 0 Å². The summed E-state index contributed by atoms with van der Waals surface area (Å²) >= 11 is 0. The normalized spacial score (nSPS) is 9.54. The standard InChI is InChI=1S/C7H6N2O4/c8-4-2-9-5(7(12)13)1-3(4)6(10)11/h1-2H,8H2,(H,10,11)(H,12,13). The van der Waals surface area contributed by atoms with Crippen molar-refractivity contribution in [3.8, 4) is 0 Å². The minimum atomic E-state index is -1.29. The average Bonchev–Trinajstić information content (AvgIpc) is 2.04. The zero-order valence-electron chi connectivity index (χ0n) is 6.39. The monoisotopic (exact) mass is 182 g/mol. The van der Waals surface area contributed by atoms with Gasteiger partial charge in [0, 0.05) is 0 Å². The number of pyridine rings is 1. The fourth-order valence-electron chi connectivity index (χ4n) is 0.768. The van der Waals surface area contributed by atoms with Gasteiger partial charge in [0.1, 0.15) is 5.69 Å². The maximum Gasteiger partial charge on any atom is 0.354 e. The van der Waals surface area contributed by atoms with Crippen LogP contribution < -0.4 is 5.73 Å². The Morgan fingerprint density at radius 3 is 2.38 bits per heavy atom. The Morgan fingerprint density at radius 1 is 1.31 bits per heavy atom. The lowest BCUT2D eigenvalue weighted by Gasteiger charge is -2.00. The minimum Gasteiger partial charge on any atom is -0.478 e. The van der Waals surface area contributed by atoms with E-state index in [9.17, 15) is 9.59 Å². The second-order valence-electron chi connectivity index (χ2n) is 2.27. The second kappa shape index (κ2) is 3.10. The van der Waals surface area contributed by atoms with Crippen LogP contribution in [0.4, 0.5) is 5.69 Å². The van der Waals surface area contributed by atoms with E-state index in [0.717, 1.165) is 12.3 Å². The third kappa shape index (κ3) is 1.73. The molecule has 1 aromatic heterocycles. The maximum atomic E-state index is 10.5. The predicted molar refractivity (Wildman–Crippen MR) is 42.6 cm³/mol. The van der Waals surface area contributed by atoms with Crippen LogP contribution in [0.25, 0.3) is 0 Å². The van der Waals surface area contributed by atoms with Gasteiger partial charge in [0.15, 0.2) is 0 Å². The minimum absolute atomic E-state index is 0.0579. The Morgan fingerprint density at radius 2 is 1.92 bits per heavy atom. The quantitative estimate of drug-likeness (QED) is 0.595. The molecule has 1 rings (SSSR count). The van der Waals surface area contributed by atoms with E-state index in [1.54, 1.807) is 0 Å². The van der Waals surface area contributed by atoms with Crippen molar-refractivity contribution in [2.75, 3.05) is 5.73 Å². The number of rotatable bonds is 2. The SMILES string of the molecule is Nc1cnc(C(=O)O)cc1C(=O)O. The Bertz CT molecular complexity index is 375. The third-order valence-electron chi connectivity index (χ3n) is 1.38. The molecule has 0 saturated carbocycles. The van der Waals surface area contributed by atoms with Crippen LogP contribution in [-0.4, -0.2) is 27.1 Å². The molecular formula is C7H6N2O4. The number of carbonyl (C=O) groups is 2. The van der Waals surface area contributed by atoms with Crippen LogP contribution in [0.2, 0.25) is 0 Å². The first-order valence-corrected chi connectivity index (χ1v) is 3.24. The highest BCUT2D eigenvalue weighted by atomic mass is 16.4. The lowest BCUT2D eigenvalue weighted by molar-refractivity contribution is 0.0690. The molecule has 0 spiro atoms. The first-order chi connectivity index (χ1) is 6.02. The van der Waals surface area contributed by atoms with Crippen LogP contribution in [-0.2, 0) is 0 Å². The van der Waals surface area contributed by atoms with Gasteiger partial charge in [-0.2, -0.15) is 0 Å². The molecule has 0 unspecified atom stereocenters. The van der Waals surface area contributed by atoms with Crippen molar-refractivity contribution >= 4 is 17.6 Å². The smallest absolute Gasteiger partial charge is 0.354 e. The molecule has 0 aliphatic heterocycles. The molecule has 0 saturated heterocycles. The number of nitrogens with two attached hydrogens (primary N) is 1. The van der Waals surface area contributed by atoms with Crippen molar-refractivity contribution in [3.63, 3.8) is 0 Å². The highest BCUT2D eigenvalue weighted by Gasteiger charge is 2.12. The molecule has 0 atom stereocenters. The lowest BCUT2D eigenvalue weighted by atomic mass is 10.2. The summed E-state index contributed by atoms with van der Waals surface area (Å²) in [7, 11) is 0. The Kier molecular flexibility index (Phi) is 2.14. The summed E-state index contributed by atoms with van der Waals surface area (Å²) in [6.45, 7) is 0. The summed E-state index contributed by atoms with van der Waals surface area (Å²) in [6.07, 6.45) is 1.01. The topological polar surface area (TPSA) is 114 Å². The molecule has 0 radical (unpaired) electrons. The number of hydrogen-bond donors (Lipinski definition) is 3. The van der Waals surface area contributed by atoms with Gasteiger partial charge >= 0.3 is 11.9 Å². The van der Waals surface area contributed by atoms with Crippen molar-refractivity contribution in [1.29, 1.82) is 0 Å². The van der Waals surface area contributed by atoms with Gasteiger partial charge in [0.05, 0.1) is 17.4 Å². The van der Waals surface area contributed by atoms with Crippen LogP contribution in [0.15, 0.2) is 12.3 Å².